The Labute approximate surface area is 176 Å². The molecule has 0 aliphatic carbocycles. The number of hydrogen-bond donors (Lipinski definition) is 1. The van der Waals surface area contributed by atoms with Crippen LogP contribution in [0.3, 0.4) is 0 Å². The summed E-state index contributed by atoms with van der Waals surface area (Å²) < 4.78 is 43.3. The van der Waals surface area contributed by atoms with E-state index in [2.05, 4.69) is 4.72 Å². The van der Waals surface area contributed by atoms with Gasteiger partial charge in [-0.05, 0) is 55.7 Å². The monoisotopic (exact) mass is 449 g/mol. The fraction of sp³-hybridized carbons (Fsp3) is 0.300. The average molecular weight is 450 g/mol. The number of halogens is 1. The molecule has 1 N–H and O–H groups in total. The molecule has 0 bridgehead atoms. The van der Waals surface area contributed by atoms with E-state index in [1.807, 2.05) is 0 Å². The number of aromatic nitrogens is 1. The number of benzene rings is 2. The van der Waals surface area contributed by atoms with Gasteiger partial charge < -0.3 is 4.90 Å². The zero-order valence-electron chi connectivity index (χ0n) is 16.2. The molecule has 4 rings (SSSR count). The summed E-state index contributed by atoms with van der Waals surface area (Å²) in [4.78, 5) is 26.2. The summed E-state index contributed by atoms with van der Waals surface area (Å²) in [7, 11) is -3.97. The summed E-state index contributed by atoms with van der Waals surface area (Å²) in [5, 5.41) is 0. The van der Waals surface area contributed by atoms with Gasteiger partial charge in [0.15, 0.2) is 0 Å². The molecule has 0 unspecified atom stereocenters. The molecule has 0 radical (unpaired) electrons. The molecule has 7 nitrogen and oxygen atoms in total. The largest absolute Gasteiger partial charge is 0.341 e. The molecule has 0 atom stereocenters. The van der Waals surface area contributed by atoms with Crippen molar-refractivity contribution in [3.8, 4) is 0 Å². The lowest BCUT2D eigenvalue weighted by atomic mass is 10.2. The lowest BCUT2D eigenvalue weighted by Gasteiger charge is -2.15. The molecule has 1 aliphatic rings. The predicted octanol–water partition coefficient (Wildman–Crippen LogP) is 2.93. The summed E-state index contributed by atoms with van der Waals surface area (Å²) in [6.07, 6.45) is 1.92. The normalized spacial score (nSPS) is 14.4. The van der Waals surface area contributed by atoms with Crippen LogP contribution >= 0.6 is 11.3 Å². The van der Waals surface area contributed by atoms with E-state index >= 15 is 0 Å². The van der Waals surface area contributed by atoms with E-state index in [-0.39, 0.29) is 27.9 Å². The highest BCUT2D eigenvalue weighted by molar-refractivity contribution is 7.92. The Kier molecular flexibility index (Phi) is 5.37. The highest BCUT2D eigenvalue weighted by Gasteiger charge is 2.21. The zero-order valence-corrected chi connectivity index (χ0v) is 17.9. The lowest BCUT2D eigenvalue weighted by molar-refractivity contribution is -0.130. The molecule has 2 aromatic carbocycles. The standard InChI is InChI=1S/C20H20FN3O4S2/c1-13-4-5-14(10-16(13)21)22-30(27,28)15-6-7-17-18(11-15)29-20(26)24(17)12-19(25)23-8-2-3-9-23/h4-7,10-11,22H,2-3,8-9,12H2,1H3. The van der Waals surface area contributed by atoms with Crippen molar-refractivity contribution in [1.82, 2.24) is 9.47 Å². The molecule has 0 saturated carbocycles. The first-order chi connectivity index (χ1) is 14.2. The van der Waals surface area contributed by atoms with Gasteiger partial charge in [-0.2, -0.15) is 0 Å². The molecule has 1 fully saturated rings. The van der Waals surface area contributed by atoms with Crippen LogP contribution in [0.25, 0.3) is 10.2 Å². The van der Waals surface area contributed by atoms with E-state index in [4.69, 9.17) is 0 Å². The molecular formula is C20H20FN3O4S2. The number of nitrogens with zero attached hydrogens (tertiary/aromatic N) is 2. The van der Waals surface area contributed by atoms with Gasteiger partial charge >= 0.3 is 4.87 Å². The molecule has 1 amide bonds. The van der Waals surface area contributed by atoms with E-state index in [9.17, 15) is 22.4 Å². The van der Waals surface area contributed by atoms with Crippen molar-refractivity contribution in [3.63, 3.8) is 0 Å². The maximum Gasteiger partial charge on any atom is 0.308 e. The van der Waals surface area contributed by atoms with Gasteiger partial charge in [0, 0.05) is 13.1 Å². The van der Waals surface area contributed by atoms with Crippen LogP contribution in [0.15, 0.2) is 46.1 Å². The molecule has 30 heavy (non-hydrogen) atoms. The van der Waals surface area contributed by atoms with E-state index in [1.165, 1.54) is 34.9 Å². The van der Waals surface area contributed by atoms with Crippen LogP contribution in [0, 0.1) is 12.7 Å². The third-order valence-corrected chi connectivity index (χ3v) is 7.45. The molecule has 158 valence electrons. The summed E-state index contributed by atoms with van der Waals surface area (Å²) in [5.41, 5.74) is 1.03. The number of likely N-dealkylation sites (tertiary alicyclic amines) is 1. The Balaban J connectivity index is 1.62. The highest BCUT2D eigenvalue weighted by atomic mass is 32.2. The number of aryl methyl sites for hydroxylation is 1. The van der Waals surface area contributed by atoms with Crippen molar-refractivity contribution in [2.24, 2.45) is 0 Å². The quantitative estimate of drug-likeness (QED) is 0.649. The first-order valence-corrected chi connectivity index (χ1v) is 11.7. The number of carbonyl (C=O) groups is 1. The van der Waals surface area contributed by atoms with Crippen molar-refractivity contribution in [2.75, 3.05) is 17.8 Å². The first-order valence-electron chi connectivity index (χ1n) is 9.45. The number of nitrogens with one attached hydrogen (secondary N) is 1. The Morgan fingerprint density at radius 2 is 1.90 bits per heavy atom. The Morgan fingerprint density at radius 3 is 2.60 bits per heavy atom. The van der Waals surface area contributed by atoms with E-state index < -0.39 is 15.8 Å². The van der Waals surface area contributed by atoms with Crippen molar-refractivity contribution in [3.05, 3.63) is 57.4 Å². The van der Waals surface area contributed by atoms with Gasteiger partial charge in [-0.15, -0.1) is 0 Å². The molecular weight excluding hydrogens is 429 g/mol. The number of fused-ring (bicyclic) bond motifs is 1. The second-order valence-electron chi connectivity index (χ2n) is 7.24. The van der Waals surface area contributed by atoms with Gasteiger partial charge in [-0.3, -0.25) is 18.9 Å². The van der Waals surface area contributed by atoms with Gasteiger partial charge in [0.2, 0.25) is 5.91 Å². The molecule has 1 aliphatic heterocycles. The van der Waals surface area contributed by atoms with Crippen molar-refractivity contribution in [1.29, 1.82) is 0 Å². The second-order valence-corrected chi connectivity index (χ2v) is 9.92. The van der Waals surface area contributed by atoms with E-state index in [1.54, 1.807) is 11.8 Å². The van der Waals surface area contributed by atoms with Crippen LogP contribution in [0.1, 0.15) is 18.4 Å². The fourth-order valence-corrected chi connectivity index (χ4v) is 5.52. The van der Waals surface area contributed by atoms with Crippen LogP contribution in [-0.2, 0) is 21.4 Å². The number of thiazole rings is 1. The van der Waals surface area contributed by atoms with E-state index in [0.717, 1.165) is 30.2 Å². The van der Waals surface area contributed by atoms with Crippen LogP contribution in [-0.4, -0.2) is 36.9 Å². The number of sulfonamides is 1. The summed E-state index contributed by atoms with van der Waals surface area (Å²) >= 11 is 0.889. The van der Waals surface area contributed by atoms with Crippen LogP contribution < -0.4 is 9.60 Å². The minimum atomic E-state index is -3.97. The molecule has 1 aromatic heterocycles. The van der Waals surface area contributed by atoms with Gasteiger partial charge in [-0.1, -0.05) is 17.4 Å². The van der Waals surface area contributed by atoms with Crippen molar-refractivity contribution < 1.29 is 17.6 Å². The van der Waals surface area contributed by atoms with Gasteiger partial charge in [0.25, 0.3) is 10.0 Å². The van der Waals surface area contributed by atoms with Gasteiger partial charge in [-0.25, -0.2) is 12.8 Å². The summed E-state index contributed by atoms with van der Waals surface area (Å²) in [6, 6.07) is 8.37. The maximum atomic E-state index is 13.7. The number of hydrogen-bond acceptors (Lipinski definition) is 5. The SMILES string of the molecule is Cc1ccc(NS(=O)(=O)c2ccc3c(c2)sc(=O)n3CC(=O)N2CCCC2)cc1F. The fourth-order valence-electron chi connectivity index (χ4n) is 3.44. The van der Waals surface area contributed by atoms with Crippen LogP contribution in [0.4, 0.5) is 10.1 Å². The third-order valence-electron chi connectivity index (χ3n) is 5.13. The lowest BCUT2D eigenvalue weighted by Crippen LogP contribution is -2.33. The van der Waals surface area contributed by atoms with E-state index in [0.29, 0.717) is 28.9 Å². The first kappa shape index (κ1) is 20.5. The summed E-state index contributed by atoms with van der Waals surface area (Å²) in [5.74, 6) is -0.627. The molecule has 2 heterocycles. The summed E-state index contributed by atoms with van der Waals surface area (Å²) in [6.45, 7) is 2.92. The molecule has 10 heteroatoms. The zero-order chi connectivity index (χ0) is 21.5. The highest BCUT2D eigenvalue weighted by Crippen LogP contribution is 2.24. The number of rotatable bonds is 5. The Morgan fingerprint density at radius 1 is 1.17 bits per heavy atom. The average Bonchev–Trinajstić information content (AvgIpc) is 3.33. The molecule has 0 spiro atoms. The molecule has 3 aromatic rings. The number of carbonyl (C=O) groups excluding carboxylic acids is 1. The van der Waals surface area contributed by atoms with Crippen molar-refractivity contribution >= 4 is 43.2 Å². The minimum absolute atomic E-state index is 0.0461. The van der Waals surface area contributed by atoms with Gasteiger partial charge in [0.1, 0.15) is 12.4 Å². The van der Waals surface area contributed by atoms with Crippen LogP contribution in [0.5, 0.6) is 0 Å². The Hall–Kier alpha value is -2.72. The number of amides is 1. The van der Waals surface area contributed by atoms with Crippen LogP contribution in [0.2, 0.25) is 0 Å². The topological polar surface area (TPSA) is 88.5 Å². The van der Waals surface area contributed by atoms with Crippen molar-refractivity contribution in [2.45, 2.75) is 31.2 Å². The second kappa shape index (κ2) is 7.84. The predicted molar refractivity (Wildman–Crippen MR) is 114 cm³/mol. The third kappa shape index (κ3) is 3.97. The Bertz CT molecular complexity index is 1290. The van der Waals surface area contributed by atoms with Gasteiger partial charge in [0.05, 0.1) is 20.8 Å². The molecule has 1 saturated heterocycles. The smallest absolute Gasteiger partial charge is 0.308 e. The number of anilines is 1. The maximum absolute atomic E-state index is 13.7. The minimum Gasteiger partial charge on any atom is -0.341 e.